The lowest BCUT2D eigenvalue weighted by Gasteiger charge is -2.23. The van der Waals surface area contributed by atoms with Crippen molar-refractivity contribution in [1.82, 2.24) is 4.98 Å². The van der Waals surface area contributed by atoms with E-state index in [4.69, 9.17) is 5.73 Å². The van der Waals surface area contributed by atoms with Crippen molar-refractivity contribution in [3.05, 3.63) is 41.1 Å². The third kappa shape index (κ3) is 2.70. The first-order valence-corrected chi connectivity index (χ1v) is 6.48. The number of nitrogens with two attached hydrogens (primary N) is 1. The smallest absolute Gasteiger partial charge is 0.0708 e. The zero-order valence-electron chi connectivity index (χ0n) is 11.7. The molecule has 0 aliphatic carbocycles. The molecule has 18 heavy (non-hydrogen) atoms. The van der Waals surface area contributed by atoms with Crippen molar-refractivity contribution < 1.29 is 0 Å². The third-order valence-corrected chi connectivity index (χ3v) is 3.40. The zero-order valence-corrected chi connectivity index (χ0v) is 11.7. The summed E-state index contributed by atoms with van der Waals surface area (Å²) in [6, 6.07) is 8.64. The molecule has 2 nitrogen and oxygen atoms in total. The predicted molar refractivity (Wildman–Crippen MR) is 77.8 cm³/mol. The Kier molecular flexibility index (Phi) is 3.40. The Labute approximate surface area is 109 Å². The molecule has 2 heteroatoms. The van der Waals surface area contributed by atoms with E-state index in [1.807, 2.05) is 0 Å². The lowest BCUT2D eigenvalue weighted by atomic mass is 9.84. The van der Waals surface area contributed by atoms with Crippen LogP contribution in [-0.2, 0) is 6.42 Å². The molecule has 96 valence electrons. The lowest BCUT2D eigenvalue weighted by Crippen LogP contribution is -2.26. The summed E-state index contributed by atoms with van der Waals surface area (Å²) in [5, 5.41) is 1.27. The van der Waals surface area contributed by atoms with Gasteiger partial charge in [0.25, 0.3) is 0 Å². The first kappa shape index (κ1) is 13.0. The minimum atomic E-state index is 0.129. The van der Waals surface area contributed by atoms with Crippen LogP contribution in [0.1, 0.15) is 30.7 Å². The van der Waals surface area contributed by atoms with E-state index in [2.05, 4.69) is 56.9 Å². The molecular formula is C16H22N2. The fourth-order valence-electron chi connectivity index (χ4n) is 2.29. The van der Waals surface area contributed by atoms with Gasteiger partial charge >= 0.3 is 0 Å². The average Bonchev–Trinajstić information content (AvgIpc) is 2.29. The lowest BCUT2D eigenvalue weighted by molar-refractivity contribution is 0.378. The van der Waals surface area contributed by atoms with E-state index >= 15 is 0 Å². The van der Waals surface area contributed by atoms with Crippen molar-refractivity contribution in [3.63, 3.8) is 0 Å². The van der Waals surface area contributed by atoms with Crippen molar-refractivity contribution in [2.45, 2.75) is 34.1 Å². The SMILES string of the molecule is Cc1ccc2nc(C)cc(CC(C)(C)CN)c2c1. The van der Waals surface area contributed by atoms with Crippen molar-refractivity contribution in [1.29, 1.82) is 0 Å². The van der Waals surface area contributed by atoms with Crippen LogP contribution >= 0.6 is 0 Å². The van der Waals surface area contributed by atoms with Gasteiger partial charge in [-0.15, -0.1) is 0 Å². The summed E-state index contributed by atoms with van der Waals surface area (Å²) < 4.78 is 0. The Balaban J connectivity index is 2.58. The summed E-state index contributed by atoms with van der Waals surface area (Å²) in [6.45, 7) is 9.30. The van der Waals surface area contributed by atoms with Crippen LogP contribution in [0.3, 0.4) is 0 Å². The molecule has 0 unspecified atom stereocenters. The van der Waals surface area contributed by atoms with Gasteiger partial charge in [-0.3, -0.25) is 4.98 Å². The van der Waals surface area contributed by atoms with E-state index in [9.17, 15) is 0 Å². The Bertz CT molecular complexity index is 571. The van der Waals surface area contributed by atoms with Gasteiger partial charge in [0.15, 0.2) is 0 Å². The maximum absolute atomic E-state index is 5.85. The molecule has 0 aliphatic heterocycles. The second-order valence-electron chi connectivity index (χ2n) is 5.99. The monoisotopic (exact) mass is 242 g/mol. The maximum atomic E-state index is 5.85. The van der Waals surface area contributed by atoms with E-state index < -0.39 is 0 Å². The highest BCUT2D eigenvalue weighted by Crippen LogP contribution is 2.27. The molecule has 0 spiro atoms. The minimum Gasteiger partial charge on any atom is -0.330 e. The number of nitrogens with zero attached hydrogens (tertiary/aromatic N) is 1. The summed E-state index contributed by atoms with van der Waals surface area (Å²) in [5.41, 5.74) is 10.8. The summed E-state index contributed by atoms with van der Waals surface area (Å²) in [5.74, 6) is 0. The van der Waals surface area contributed by atoms with E-state index in [1.165, 1.54) is 16.5 Å². The molecule has 0 saturated carbocycles. The molecule has 1 aromatic carbocycles. The Hall–Kier alpha value is -1.41. The normalized spacial score (nSPS) is 12.1. The van der Waals surface area contributed by atoms with Crippen molar-refractivity contribution in [3.8, 4) is 0 Å². The quantitative estimate of drug-likeness (QED) is 0.896. The molecule has 2 N–H and O–H groups in total. The van der Waals surface area contributed by atoms with Gasteiger partial charge in [0.1, 0.15) is 0 Å². The molecule has 0 aliphatic rings. The number of rotatable bonds is 3. The molecule has 0 amide bonds. The predicted octanol–water partition coefficient (Wildman–Crippen LogP) is 3.38. The molecule has 1 heterocycles. The standard InChI is InChI=1S/C16H22N2/c1-11-5-6-15-14(7-11)13(8-12(2)18-15)9-16(3,4)10-17/h5-8H,9-10,17H2,1-4H3. The highest BCUT2D eigenvalue weighted by atomic mass is 14.7. The van der Waals surface area contributed by atoms with E-state index in [1.54, 1.807) is 0 Å². The van der Waals surface area contributed by atoms with E-state index in [-0.39, 0.29) is 5.41 Å². The average molecular weight is 242 g/mol. The van der Waals surface area contributed by atoms with Gasteiger partial charge in [-0.05, 0) is 56.0 Å². The fourth-order valence-corrected chi connectivity index (χ4v) is 2.29. The van der Waals surface area contributed by atoms with Crippen LogP contribution in [0.2, 0.25) is 0 Å². The zero-order chi connectivity index (χ0) is 13.3. The van der Waals surface area contributed by atoms with Crippen LogP contribution in [0.25, 0.3) is 10.9 Å². The van der Waals surface area contributed by atoms with Crippen LogP contribution in [0.15, 0.2) is 24.3 Å². The van der Waals surface area contributed by atoms with Crippen LogP contribution in [-0.4, -0.2) is 11.5 Å². The Morgan fingerprint density at radius 1 is 1.17 bits per heavy atom. The van der Waals surface area contributed by atoms with Gasteiger partial charge in [0.05, 0.1) is 5.52 Å². The first-order chi connectivity index (χ1) is 8.41. The molecule has 0 atom stereocenters. The van der Waals surface area contributed by atoms with E-state index in [0.717, 1.165) is 17.6 Å². The fraction of sp³-hybridized carbons (Fsp3) is 0.438. The van der Waals surface area contributed by atoms with Gasteiger partial charge in [0.2, 0.25) is 0 Å². The van der Waals surface area contributed by atoms with Crippen molar-refractivity contribution >= 4 is 10.9 Å². The van der Waals surface area contributed by atoms with Crippen molar-refractivity contribution in [2.75, 3.05) is 6.54 Å². The Morgan fingerprint density at radius 3 is 2.56 bits per heavy atom. The molecule has 0 fully saturated rings. The summed E-state index contributed by atoms with van der Waals surface area (Å²) in [4.78, 5) is 4.60. The molecular weight excluding hydrogens is 220 g/mol. The first-order valence-electron chi connectivity index (χ1n) is 6.48. The molecule has 1 aromatic heterocycles. The summed E-state index contributed by atoms with van der Waals surface area (Å²) in [6.07, 6.45) is 0.993. The second-order valence-corrected chi connectivity index (χ2v) is 5.99. The third-order valence-electron chi connectivity index (χ3n) is 3.40. The summed E-state index contributed by atoms with van der Waals surface area (Å²) >= 11 is 0. The van der Waals surface area contributed by atoms with Crippen LogP contribution < -0.4 is 5.73 Å². The van der Waals surface area contributed by atoms with Crippen LogP contribution in [0.5, 0.6) is 0 Å². The van der Waals surface area contributed by atoms with Gasteiger partial charge < -0.3 is 5.73 Å². The molecule has 0 bridgehead atoms. The van der Waals surface area contributed by atoms with Gasteiger partial charge in [-0.25, -0.2) is 0 Å². The molecule has 0 radical (unpaired) electrons. The summed E-state index contributed by atoms with van der Waals surface area (Å²) in [7, 11) is 0. The molecule has 0 saturated heterocycles. The number of aryl methyl sites for hydroxylation is 2. The molecule has 2 aromatic rings. The van der Waals surface area contributed by atoms with Crippen LogP contribution in [0.4, 0.5) is 0 Å². The van der Waals surface area contributed by atoms with Gasteiger partial charge in [-0.1, -0.05) is 25.5 Å². The number of benzene rings is 1. The maximum Gasteiger partial charge on any atom is 0.0708 e. The van der Waals surface area contributed by atoms with Gasteiger partial charge in [0, 0.05) is 11.1 Å². The molecule has 2 rings (SSSR count). The van der Waals surface area contributed by atoms with Crippen molar-refractivity contribution in [2.24, 2.45) is 11.1 Å². The number of pyridine rings is 1. The van der Waals surface area contributed by atoms with Crippen LogP contribution in [0, 0.1) is 19.3 Å². The number of hydrogen-bond acceptors (Lipinski definition) is 2. The highest BCUT2D eigenvalue weighted by Gasteiger charge is 2.18. The largest absolute Gasteiger partial charge is 0.330 e. The second kappa shape index (κ2) is 4.69. The highest BCUT2D eigenvalue weighted by molar-refractivity contribution is 5.83. The van der Waals surface area contributed by atoms with E-state index in [0.29, 0.717) is 6.54 Å². The number of aromatic nitrogens is 1. The number of hydrogen-bond donors (Lipinski definition) is 1. The number of fused-ring (bicyclic) bond motifs is 1. The topological polar surface area (TPSA) is 38.9 Å². The Morgan fingerprint density at radius 2 is 1.89 bits per heavy atom. The minimum absolute atomic E-state index is 0.129. The van der Waals surface area contributed by atoms with Gasteiger partial charge in [-0.2, -0.15) is 0 Å².